The Morgan fingerprint density at radius 2 is 1.68 bits per heavy atom. The first-order valence-corrected chi connectivity index (χ1v) is 9.12. The molecule has 146 valence electrons. The van der Waals surface area contributed by atoms with Gasteiger partial charge in [0.1, 0.15) is 5.60 Å². The van der Waals surface area contributed by atoms with Crippen LogP contribution >= 0.6 is 0 Å². The summed E-state index contributed by atoms with van der Waals surface area (Å²) in [5.41, 5.74) is -0.663. The molecule has 11 heteroatoms. The lowest BCUT2D eigenvalue weighted by atomic mass is 9.97. The molecule has 0 aromatic carbocycles. The van der Waals surface area contributed by atoms with Gasteiger partial charge in [-0.2, -0.15) is 17.2 Å². The molecule has 1 rings (SSSR count). The quantitative estimate of drug-likeness (QED) is 0.580. The minimum atomic E-state index is -5.70. The maximum atomic E-state index is 13.4. The zero-order valence-electron chi connectivity index (χ0n) is 14.5. The number of esters is 1. The van der Waals surface area contributed by atoms with Gasteiger partial charge < -0.3 is 14.4 Å². The Hall–Kier alpha value is -1.49. The summed E-state index contributed by atoms with van der Waals surface area (Å²) in [5.74, 6) is -1.75. The largest absolute Gasteiger partial charge is 0.455 e. The molecule has 1 unspecified atom stereocenters. The van der Waals surface area contributed by atoms with Crippen LogP contribution in [0.15, 0.2) is 0 Å². The maximum Gasteiger partial charge on any atom is 0.410 e. The molecule has 1 aliphatic heterocycles. The lowest BCUT2D eigenvalue weighted by Crippen LogP contribution is -2.45. The van der Waals surface area contributed by atoms with E-state index in [1.165, 1.54) is 4.90 Å². The molecule has 1 heterocycles. The summed E-state index contributed by atoms with van der Waals surface area (Å²) in [6.45, 7) is 6.18. The number of alkyl halides is 2. The smallest absolute Gasteiger partial charge is 0.410 e. The average Bonchev–Trinajstić information content (AvgIpc) is 2.44. The number of carbonyl (C=O) groups is 2. The summed E-state index contributed by atoms with van der Waals surface area (Å²) in [6, 6.07) is 0. The van der Waals surface area contributed by atoms with Crippen LogP contribution in [0.1, 0.15) is 40.5 Å². The number of rotatable bonds is 4. The third kappa shape index (κ3) is 5.77. The molecule has 0 aliphatic carbocycles. The van der Waals surface area contributed by atoms with Crippen molar-refractivity contribution in [2.24, 2.45) is 5.92 Å². The van der Waals surface area contributed by atoms with Crippen LogP contribution in [-0.2, 0) is 24.4 Å². The van der Waals surface area contributed by atoms with Crippen LogP contribution in [0.2, 0.25) is 0 Å². The van der Waals surface area contributed by atoms with Crippen molar-refractivity contribution in [3.05, 3.63) is 0 Å². The fourth-order valence-corrected chi connectivity index (χ4v) is 2.64. The Labute approximate surface area is 145 Å². The highest BCUT2D eigenvalue weighted by atomic mass is 32.2. The predicted octanol–water partition coefficient (Wildman–Crippen LogP) is 2.05. The second-order valence-corrected chi connectivity index (χ2v) is 8.35. The van der Waals surface area contributed by atoms with Crippen LogP contribution in [0.25, 0.3) is 0 Å². The molecule has 1 saturated heterocycles. The number of hydrogen-bond acceptors (Lipinski definition) is 6. The third-order valence-corrected chi connectivity index (χ3v) is 4.61. The fraction of sp³-hybridized carbons (Fsp3) is 0.857. The van der Waals surface area contributed by atoms with Gasteiger partial charge in [-0.15, -0.1) is 0 Å². The molecular weight excluding hydrogens is 364 g/mol. The molecule has 1 fully saturated rings. The van der Waals surface area contributed by atoms with Crippen molar-refractivity contribution in [1.29, 1.82) is 0 Å². The van der Waals surface area contributed by atoms with Crippen molar-refractivity contribution in [1.82, 2.24) is 4.90 Å². The van der Waals surface area contributed by atoms with Crippen molar-refractivity contribution in [2.75, 3.05) is 13.1 Å². The van der Waals surface area contributed by atoms with Crippen LogP contribution in [0.4, 0.5) is 13.6 Å². The fourth-order valence-electron chi connectivity index (χ4n) is 2.17. The van der Waals surface area contributed by atoms with Crippen LogP contribution in [0.3, 0.4) is 0 Å². The van der Waals surface area contributed by atoms with Crippen LogP contribution in [0.5, 0.6) is 0 Å². The molecule has 8 nitrogen and oxygen atoms in total. The topological polar surface area (TPSA) is 110 Å². The van der Waals surface area contributed by atoms with Gasteiger partial charge in [-0.05, 0) is 40.5 Å². The van der Waals surface area contributed by atoms with E-state index >= 15 is 0 Å². The molecule has 0 saturated carbocycles. The van der Waals surface area contributed by atoms with E-state index in [-0.39, 0.29) is 25.9 Å². The molecule has 1 amide bonds. The number of amides is 1. The number of hydrogen-bond donors (Lipinski definition) is 1. The van der Waals surface area contributed by atoms with Crippen LogP contribution < -0.4 is 0 Å². The van der Waals surface area contributed by atoms with Gasteiger partial charge >= 0.3 is 27.4 Å². The minimum Gasteiger partial charge on any atom is -0.455 e. The van der Waals surface area contributed by atoms with E-state index in [2.05, 4.69) is 4.74 Å². The lowest BCUT2D eigenvalue weighted by Gasteiger charge is -2.33. The molecular formula is C14H23F2NO7S. The van der Waals surface area contributed by atoms with Gasteiger partial charge in [0.15, 0.2) is 6.10 Å². The Balaban J connectivity index is 2.58. The minimum absolute atomic E-state index is 0.169. The number of nitrogens with zero attached hydrogens (tertiary/aromatic N) is 1. The van der Waals surface area contributed by atoms with Crippen LogP contribution in [0, 0.1) is 5.92 Å². The maximum absolute atomic E-state index is 13.4. The molecule has 0 aromatic rings. The van der Waals surface area contributed by atoms with E-state index in [9.17, 15) is 26.8 Å². The SMILES string of the molecule is CC(OC(=O)C1CCN(C(=O)OC(C)(C)C)CC1)C(F)(F)S(=O)(=O)O. The number of halogens is 2. The second-order valence-electron chi connectivity index (χ2n) is 6.86. The first kappa shape index (κ1) is 21.6. The number of ether oxygens (including phenoxy) is 2. The number of carbonyl (C=O) groups excluding carboxylic acids is 2. The van der Waals surface area contributed by atoms with Gasteiger partial charge in [0.25, 0.3) is 0 Å². The van der Waals surface area contributed by atoms with E-state index < -0.39 is 45.1 Å². The number of likely N-dealkylation sites (tertiary alicyclic amines) is 1. The molecule has 25 heavy (non-hydrogen) atoms. The molecule has 1 N–H and O–H groups in total. The van der Waals surface area contributed by atoms with Gasteiger partial charge in [0, 0.05) is 13.1 Å². The summed E-state index contributed by atoms with van der Waals surface area (Å²) in [5, 5.41) is -4.60. The van der Waals surface area contributed by atoms with Crippen molar-refractivity contribution in [3.8, 4) is 0 Å². The van der Waals surface area contributed by atoms with E-state index in [0.29, 0.717) is 6.92 Å². The van der Waals surface area contributed by atoms with E-state index in [0.717, 1.165) is 0 Å². The summed E-state index contributed by atoms with van der Waals surface area (Å²) >= 11 is 0. The van der Waals surface area contributed by atoms with Crippen molar-refractivity contribution in [2.45, 2.75) is 57.5 Å². The first-order valence-electron chi connectivity index (χ1n) is 7.68. The van der Waals surface area contributed by atoms with E-state index in [1.807, 2.05) is 0 Å². The Morgan fingerprint density at radius 3 is 2.08 bits per heavy atom. The van der Waals surface area contributed by atoms with Gasteiger partial charge in [0.2, 0.25) is 0 Å². The summed E-state index contributed by atoms with van der Waals surface area (Å²) in [6.07, 6.45) is -2.53. The molecule has 0 spiro atoms. The standard InChI is InChI=1S/C14H23F2NO7S/c1-9(14(15,16)25(20,21)22)23-11(18)10-5-7-17(8-6-10)12(19)24-13(2,3)4/h9-10H,5-8H2,1-4H3,(H,20,21,22). The highest BCUT2D eigenvalue weighted by molar-refractivity contribution is 7.86. The lowest BCUT2D eigenvalue weighted by molar-refractivity contribution is -0.166. The zero-order valence-corrected chi connectivity index (χ0v) is 15.3. The highest BCUT2D eigenvalue weighted by Crippen LogP contribution is 2.29. The molecule has 1 atom stereocenters. The number of piperidine rings is 1. The van der Waals surface area contributed by atoms with E-state index in [4.69, 9.17) is 9.29 Å². The summed E-state index contributed by atoms with van der Waals surface area (Å²) < 4.78 is 66.3. The second kappa shape index (κ2) is 7.40. The first-order chi connectivity index (χ1) is 11.1. The van der Waals surface area contributed by atoms with Gasteiger partial charge in [0.05, 0.1) is 5.92 Å². The molecule has 1 aliphatic rings. The van der Waals surface area contributed by atoms with Crippen LogP contribution in [-0.4, -0.2) is 60.0 Å². The van der Waals surface area contributed by atoms with Gasteiger partial charge in [-0.1, -0.05) is 0 Å². The average molecular weight is 387 g/mol. The van der Waals surface area contributed by atoms with Crippen molar-refractivity contribution >= 4 is 22.2 Å². The van der Waals surface area contributed by atoms with Crippen molar-refractivity contribution in [3.63, 3.8) is 0 Å². The molecule has 0 radical (unpaired) electrons. The highest BCUT2D eigenvalue weighted by Gasteiger charge is 2.52. The Bertz CT molecular complexity index is 607. The third-order valence-electron chi connectivity index (χ3n) is 3.59. The van der Waals surface area contributed by atoms with Crippen molar-refractivity contribution < 1.29 is 40.8 Å². The zero-order chi connectivity index (χ0) is 19.6. The summed E-state index contributed by atoms with van der Waals surface area (Å²) in [4.78, 5) is 25.2. The van der Waals surface area contributed by atoms with E-state index in [1.54, 1.807) is 20.8 Å². The molecule has 0 aromatic heterocycles. The van der Waals surface area contributed by atoms with Gasteiger partial charge in [-0.25, -0.2) is 4.79 Å². The van der Waals surface area contributed by atoms with Gasteiger partial charge in [-0.3, -0.25) is 9.35 Å². The summed E-state index contributed by atoms with van der Waals surface area (Å²) in [7, 11) is -5.70. The predicted molar refractivity (Wildman–Crippen MR) is 82.6 cm³/mol. The molecule has 0 bridgehead atoms. The normalized spacial score (nSPS) is 18.6. The Kier molecular flexibility index (Phi) is 6.38. The Morgan fingerprint density at radius 1 is 1.20 bits per heavy atom. The monoisotopic (exact) mass is 387 g/mol.